The van der Waals surface area contributed by atoms with Crippen LogP contribution in [-0.2, 0) is 17.5 Å². The zero-order valence-electron chi connectivity index (χ0n) is 31.1. The minimum atomic E-state index is -1.58. The van der Waals surface area contributed by atoms with Crippen LogP contribution in [0.15, 0.2) is 107 Å². The Labute approximate surface area is 295 Å². The Kier molecular flexibility index (Phi) is 10.6. The SMILES string of the molecule is C[C@@H]1CCCC2=C([Si](C)(C)Cc3ccccc3)[C@@H](O)C[C@H]21.Cc1ccc([C@]23CCC[C@@H](C)[C@@H]2CC=C3[Si](C)(C)Cc2ccccc2)cc1. The summed E-state index contributed by atoms with van der Waals surface area (Å²) in [7, 11) is -3.14. The molecule has 4 aliphatic carbocycles. The third kappa shape index (κ3) is 7.07. The van der Waals surface area contributed by atoms with E-state index in [4.69, 9.17) is 0 Å². The molecule has 48 heavy (non-hydrogen) atoms. The number of rotatable bonds is 7. The molecule has 7 rings (SSSR count). The number of aryl methyl sites for hydroxylation is 1. The van der Waals surface area contributed by atoms with Crippen molar-refractivity contribution in [2.24, 2.45) is 23.7 Å². The number of aliphatic hydroxyl groups is 1. The molecule has 0 amide bonds. The minimum Gasteiger partial charge on any atom is -0.389 e. The third-order valence-electron chi connectivity index (χ3n) is 13.0. The molecule has 4 aliphatic rings. The Balaban J connectivity index is 0.000000173. The summed E-state index contributed by atoms with van der Waals surface area (Å²) in [5, 5.41) is 14.1. The lowest BCUT2D eigenvalue weighted by atomic mass is 9.60. The van der Waals surface area contributed by atoms with E-state index in [0.29, 0.717) is 11.3 Å². The molecule has 2 fully saturated rings. The molecule has 3 heteroatoms. The Hall–Kier alpha value is -2.47. The van der Waals surface area contributed by atoms with E-state index in [1.165, 1.54) is 72.9 Å². The second-order valence-electron chi connectivity index (χ2n) is 17.4. The van der Waals surface area contributed by atoms with Crippen LogP contribution in [0.5, 0.6) is 0 Å². The Bertz CT molecular complexity index is 1580. The topological polar surface area (TPSA) is 20.2 Å². The molecule has 6 atom stereocenters. The van der Waals surface area contributed by atoms with E-state index < -0.39 is 16.1 Å². The summed E-state index contributed by atoms with van der Waals surface area (Å²) in [4.78, 5) is 0. The minimum absolute atomic E-state index is 0.157. The average molecular weight is 675 g/mol. The van der Waals surface area contributed by atoms with Crippen molar-refractivity contribution < 1.29 is 5.11 Å². The fourth-order valence-corrected chi connectivity index (χ4v) is 18.4. The van der Waals surface area contributed by atoms with Gasteiger partial charge in [0.05, 0.1) is 22.3 Å². The van der Waals surface area contributed by atoms with Gasteiger partial charge in [0.25, 0.3) is 0 Å². The fraction of sp³-hybridized carbons (Fsp3) is 0.511. The zero-order chi connectivity index (χ0) is 34.1. The summed E-state index contributed by atoms with van der Waals surface area (Å²) in [5.41, 5.74) is 7.88. The van der Waals surface area contributed by atoms with Crippen molar-refractivity contribution in [2.75, 3.05) is 0 Å². The molecule has 1 N–H and O–H groups in total. The lowest BCUT2D eigenvalue weighted by Gasteiger charge is -2.49. The van der Waals surface area contributed by atoms with Gasteiger partial charge in [0.1, 0.15) is 0 Å². The molecule has 0 bridgehead atoms. The molecule has 3 aromatic rings. The van der Waals surface area contributed by atoms with Gasteiger partial charge in [0.2, 0.25) is 0 Å². The summed E-state index contributed by atoms with van der Waals surface area (Å²) in [5.74, 6) is 3.07. The quantitative estimate of drug-likeness (QED) is 0.247. The van der Waals surface area contributed by atoms with Crippen LogP contribution in [0.4, 0.5) is 0 Å². The molecular formula is C45H62OSi2. The smallest absolute Gasteiger partial charge is 0.0830 e. The first kappa shape index (κ1) is 35.4. The number of hydrogen-bond acceptors (Lipinski definition) is 1. The van der Waals surface area contributed by atoms with Crippen LogP contribution in [0.2, 0.25) is 26.2 Å². The van der Waals surface area contributed by atoms with Crippen molar-refractivity contribution in [2.45, 2.75) is 122 Å². The van der Waals surface area contributed by atoms with E-state index >= 15 is 0 Å². The molecule has 2 saturated carbocycles. The normalized spacial score (nSPS) is 28.7. The first-order valence-corrected chi connectivity index (χ1v) is 25.6. The predicted octanol–water partition coefficient (Wildman–Crippen LogP) is 11.5. The predicted molar refractivity (Wildman–Crippen MR) is 211 cm³/mol. The van der Waals surface area contributed by atoms with Crippen molar-refractivity contribution in [1.82, 2.24) is 0 Å². The maximum Gasteiger partial charge on any atom is 0.0830 e. The Morgan fingerprint density at radius 3 is 1.94 bits per heavy atom. The monoisotopic (exact) mass is 674 g/mol. The summed E-state index contributed by atoms with van der Waals surface area (Å²) >= 11 is 0. The molecule has 0 unspecified atom stereocenters. The van der Waals surface area contributed by atoms with Crippen LogP contribution >= 0.6 is 0 Å². The van der Waals surface area contributed by atoms with Crippen LogP contribution in [0.1, 0.15) is 87.5 Å². The highest BCUT2D eigenvalue weighted by atomic mass is 28.3. The highest BCUT2D eigenvalue weighted by Gasteiger charge is 2.54. The van der Waals surface area contributed by atoms with Crippen LogP contribution in [0.25, 0.3) is 0 Å². The van der Waals surface area contributed by atoms with E-state index in [2.05, 4.69) is 138 Å². The van der Waals surface area contributed by atoms with Crippen molar-refractivity contribution in [3.63, 3.8) is 0 Å². The third-order valence-corrected chi connectivity index (χ3v) is 19.8. The second kappa shape index (κ2) is 14.4. The van der Waals surface area contributed by atoms with E-state index in [1.807, 2.05) is 5.20 Å². The molecule has 0 aliphatic heterocycles. The molecule has 0 radical (unpaired) electrons. The highest BCUT2D eigenvalue weighted by Crippen LogP contribution is 2.58. The van der Waals surface area contributed by atoms with Gasteiger partial charge in [0, 0.05) is 5.41 Å². The van der Waals surface area contributed by atoms with Crippen LogP contribution in [0.3, 0.4) is 0 Å². The van der Waals surface area contributed by atoms with E-state index in [-0.39, 0.29) is 6.10 Å². The largest absolute Gasteiger partial charge is 0.389 e. The lowest BCUT2D eigenvalue weighted by Crippen LogP contribution is -2.48. The van der Waals surface area contributed by atoms with Crippen LogP contribution in [-0.4, -0.2) is 27.4 Å². The molecular weight excluding hydrogens is 613 g/mol. The molecule has 0 heterocycles. The maximum absolute atomic E-state index is 10.7. The second-order valence-corrected chi connectivity index (χ2v) is 26.7. The van der Waals surface area contributed by atoms with Gasteiger partial charge in [-0.15, -0.1) is 0 Å². The zero-order valence-corrected chi connectivity index (χ0v) is 33.1. The summed E-state index contributed by atoms with van der Waals surface area (Å²) < 4.78 is 0. The lowest BCUT2D eigenvalue weighted by molar-refractivity contribution is 0.174. The number of benzene rings is 3. The molecule has 1 nitrogen and oxygen atoms in total. The van der Waals surface area contributed by atoms with Gasteiger partial charge >= 0.3 is 0 Å². The van der Waals surface area contributed by atoms with Gasteiger partial charge in [-0.3, -0.25) is 0 Å². The van der Waals surface area contributed by atoms with E-state index in [9.17, 15) is 5.11 Å². The van der Waals surface area contributed by atoms with Crippen LogP contribution in [0, 0.1) is 30.6 Å². The van der Waals surface area contributed by atoms with Gasteiger partial charge in [0.15, 0.2) is 0 Å². The number of allylic oxidation sites excluding steroid dienone is 3. The van der Waals surface area contributed by atoms with Crippen molar-refractivity contribution >= 4 is 16.1 Å². The van der Waals surface area contributed by atoms with Crippen molar-refractivity contribution in [3.8, 4) is 0 Å². The molecule has 3 aromatic carbocycles. The molecule has 256 valence electrons. The van der Waals surface area contributed by atoms with Gasteiger partial charge in [-0.2, -0.15) is 0 Å². The standard InChI is InChI=1S/C26H34Si.C19H28OSi/c1-20-12-14-23(15-13-20)26-18-8-9-21(2)24(26)16-17-25(26)27(3,4)19-22-10-6-5-7-11-22;1-14-8-7-11-16-17(14)12-18(20)19(16)21(2,3)13-15-9-5-4-6-10-15/h5-7,10-15,17,21,24H,8-9,16,18-19H2,1-4H3;4-6,9-10,14,17-18,20H,7-8,11-13H2,1-3H3/t21-,24+,26-;14-,17+,18+/m11/s1. The number of fused-ring (bicyclic) bond motifs is 2. The van der Waals surface area contributed by atoms with E-state index in [1.54, 1.807) is 11.1 Å². The van der Waals surface area contributed by atoms with Crippen molar-refractivity contribution in [1.29, 1.82) is 0 Å². The first-order chi connectivity index (χ1) is 22.9. The fourth-order valence-electron chi connectivity index (χ4n) is 10.9. The Morgan fingerprint density at radius 1 is 0.729 bits per heavy atom. The molecule has 0 spiro atoms. The first-order valence-electron chi connectivity index (χ1n) is 19.2. The maximum atomic E-state index is 10.7. The molecule has 0 aromatic heterocycles. The van der Waals surface area contributed by atoms with Crippen LogP contribution < -0.4 is 0 Å². The number of aliphatic hydroxyl groups excluding tert-OH is 1. The summed E-state index contributed by atoms with van der Waals surface area (Å²) in [6.45, 7) is 17.2. The Morgan fingerprint density at radius 2 is 1.31 bits per heavy atom. The van der Waals surface area contributed by atoms with Gasteiger partial charge in [-0.25, -0.2) is 0 Å². The summed E-state index contributed by atoms with van der Waals surface area (Å²) in [6, 6.07) is 34.0. The summed E-state index contributed by atoms with van der Waals surface area (Å²) in [6.07, 6.45) is 12.9. The number of hydrogen-bond donors (Lipinski definition) is 1. The van der Waals surface area contributed by atoms with Gasteiger partial charge in [-0.1, -0.05) is 177 Å². The molecule has 0 saturated heterocycles. The average Bonchev–Trinajstić information content (AvgIpc) is 3.63. The van der Waals surface area contributed by atoms with E-state index in [0.717, 1.165) is 30.2 Å². The highest BCUT2D eigenvalue weighted by molar-refractivity contribution is 6.84. The van der Waals surface area contributed by atoms with Crippen molar-refractivity contribution in [3.05, 3.63) is 129 Å². The van der Waals surface area contributed by atoms with Gasteiger partial charge in [-0.05, 0) is 86.8 Å². The van der Waals surface area contributed by atoms with Gasteiger partial charge < -0.3 is 5.11 Å².